The second-order valence-electron chi connectivity index (χ2n) is 46.0. The van der Waals surface area contributed by atoms with Gasteiger partial charge in [-0.1, -0.05) is 119 Å². The zero-order valence-electron chi connectivity index (χ0n) is 89.8. The van der Waals surface area contributed by atoms with E-state index in [1.807, 2.05) is 267 Å². The number of hydrogen-bond donors (Lipinski definition) is 1. The summed E-state index contributed by atoms with van der Waals surface area (Å²) in [4.78, 5) is 57.8. The second kappa shape index (κ2) is 43.6. The van der Waals surface area contributed by atoms with Crippen molar-refractivity contribution in [3.8, 4) is 67.5 Å². The molecule has 0 radical (unpaired) electrons. The van der Waals surface area contributed by atoms with Gasteiger partial charge in [0, 0.05) is 99.6 Å². The number of aryl methyl sites for hydroxylation is 1. The van der Waals surface area contributed by atoms with Crippen molar-refractivity contribution in [3.63, 3.8) is 0 Å². The van der Waals surface area contributed by atoms with Crippen LogP contribution in [0.4, 0.5) is 8.78 Å². The first-order chi connectivity index (χ1) is 70.8. The zero-order chi connectivity index (χ0) is 106. The summed E-state index contributed by atoms with van der Waals surface area (Å²) < 4.78 is 97.0. The van der Waals surface area contributed by atoms with Crippen molar-refractivity contribution in [2.24, 2.45) is 16.2 Å². The molecule has 0 spiro atoms. The first-order valence-electron chi connectivity index (χ1n) is 51.6. The number of esters is 3. The maximum absolute atomic E-state index is 14.9. The standard InChI is InChI=1S/C33H36BrNO4.C33H36FNO4.C33H37NO4.C28H28FNO3/c2*1-32(2,3)31(36)38-19-26(39-33(4,5)6)27-22(18-34)17-21-9-7-8-10-23(21)29(27)24-11-12-25-28-20(14-16-37-25)13-15-35-30(24)28;1-20-18-22-10-8-9-11-23(22)29(24-12-13-25-28-21(15-17-36-25)14-16-34-30(24)28)27(20)26(38-33(5,6)7)19-37-31(35)32(2,3)4;1-28(2,3)33-23(16-31)24-19(15-29)14-18-6-4-5-7-20(18)26(24)21-8-9-22-25-17(11-13-32-22)10-12-30-27(21)25/h2*7-13,15,17,26H,14,16,18-19H2,1-6H3;8-14,16,18,26H,15,17,19H2,1-7H3;4-10,12,14,23,31H,11,13,15-16H2,1-3H3/t3*26-;23-/m1111/s1. The summed E-state index contributed by atoms with van der Waals surface area (Å²) >= 11 is 3.75. The molecule has 0 saturated carbocycles. The molecule has 149 heavy (non-hydrogen) atoms. The molecule has 20 rings (SSSR count). The number of ether oxygens (including phenoxy) is 11. The molecule has 4 aliphatic heterocycles. The number of nitrogens with zero attached hydrogens (tertiary/aromatic N) is 4. The summed E-state index contributed by atoms with van der Waals surface area (Å²) in [6, 6.07) is 65.4. The number of aliphatic hydroxyl groups is 1. The monoisotopic (exact) mass is 2070 g/mol. The summed E-state index contributed by atoms with van der Waals surface area (Å²) in [6.45, 7) is 43.8. The number of halogens is 3. The van der Waals surface area contributed by atoms with Gasteiger partial charge >= 0.3 is 17.9 Å². The molecule has 8 heterocycles. The van der Waals surface area contributed by atoms with Gasteiger partial charge in [-0.2, -0.15) is 0 Å². The number of pyridine rings is 4. The van der Waals surface area contributed by atoms with Gasteiger partial charge in [0.05, 0.1) is 93.8 Å². The number of carbonyl (C=O) groups excluding carboxylic acids is 3. The molecule has 0 bridgehead atoms. The fourth-order valence-electron chi connectivity index (χ4n) is 20.7. The Morgan fingerprint density at radius 3 is 0.852 bits per heavy atom. The molecule has 0 fully saturated rings. The molecule has 19 nitrogen and oxygen atoms in total. The Morgan fingerprint density at radius 2 is 0.584 bits per heavy atom. The molecule has 0 saturated heterocycles. The minimum absolute atomic E-state index is 0.0382. The van der Waals surface area contributed by atoms with Crippen molar-refractivity contribution in [2.45, 2.75) is 244 Å². The van der Waals surface area contributed by atoms with E-state index in [1.54, 1.807) is 0 Å². The highest BCUT2D eigenvalue weighted by Gasteiger charge is 2.39. The van der Waals surface area contributed by atoms with Gasteiger partial charge in [0.15, 0.2) is 0 Å². The van der Waals surface area contributed by atoms with E-state index in [0.717, 1.165) is 202 Å². The smallest absolute Gasteiger partial charge is 0.311 e. The van der Waals surface area contributed by atoms with Crippen molar-refractivity contribution >= 4 is 121 Å². The van der Waals surface area contributed by atoms with Gasteiger partial charge in [-0.15, -0.1) is 0 Å². The fourth-order valence-corrected chi connectivity index (χ4v) is 21.2. The summed E-state index contributed by atoms with van der Waals surface area (Å²) in [5, 5.41) is 23.4. The van der Waals surface area contributed by atoms with Crippen LogP contribution in [0.1, 0.15) is 237 Å². The van der Waals surface area contributed by atoms with Gasteiger partial charge in [0.25, 0.3) is 0 Å². The van der Waals surface area contributed by atoms with Crippen LogP contribution in [0.3, 0.4) is 0 Å². The third kappa shape index (κ3) is 23.3. The van der Waals surface area contributed by atoms with Crippen LogP contribution in [0, 0.1) is 23.2 Å². The number of rotatable bonds is 22. The van der Waals surface area contributed by atoms with Crippen molar-refractivity contribution < 1.29 is 80.4 Å². The van der Waals surface area contributed by atoms with Gasteiger partial charge in [0.2, 0.25) is 0 Å². The maximum atomic E-state index is 14.9. The molecular weight excluding hydrogens is 1940 g/mol. The first kappa shape index (κ1) is 107. The van der Waals surface area contributed by atoms with E-state index in [0.29, 0.717) is 54.0 Å². The Morgan fingerprint density at radius 1 is 0.336 bits per heavy atom. The van der Waals surface area contributed by atoms with Crippen LogP contribution >= 0.6 is 15.9 Å². The lowest BCUT2D eigenvalue weighted by Gasteiger charge is -2.32. The van der Waals surface area contributed by atoms with Crippen LogP contribution in [-0.4, -0.2) is 118 Å². The minimum Gasteiger partial charge on any atom is -0.493 e. The van der Waals surface area contributed by atoms with Gasteiger partial charge in [-0.25, -0.2) is 8.78 Å². The quantitative estimate of drug-likeness (QED) is 0.0378. The molecule has 0 aliphatic carbocycles. The highest BCUT2D eigenvalue weighted by atomic mass is 79.9. The molecule has 776 valence electrons. The maximum Gasteiger partial charge on any atom is 0.311 e. The van der Waals surface area contributed by atoms with Gasteiger partial charge in [0.1, 0.15) is 80.6 Å². The van der Waals surface area contributed by atoms with E-state index in [1.165, 1.54) is 22.3 Å². The number of aromatic nitrogens is 4. The summed E-state index contributed by atoms with van der Waals surface area (Å²) in [5.74, 6) is 2.52. The summed E-state index contributed by atoms with van der Waals surface area (Å²) in [6.07, 6.45) is 8.40. The van der Waals surface area contributed by atoms with Gasteiger partial charge in [-0.05, 0) is 375 Å². The molecule has 4 aromatic heterocycles. The number of benzene rings is 12. The Labute approximate surface area is 880 Å². The molecule has 16 aromatic rings. The van der Waals surface area contributed by atoms with E-state index in [-0.39, 0.29) is 44.3 Å². The van der Waals surface area contributed by atoms with Gasteiger partial charge in [-0.3, -0.25) is 34.3 Å². The average Bonchev–Trinajstić information content (AvgIpc) is 0.742. The Bertz CT molecular complexity index is 7510. The molecule has 12 aromatic carbocycles. The normalized spacial score (nSPS) is 14.4. The van der Waals surface area contributed by atoms with E-state index in [9.17, 15) is 28.3 Å². The number of fused-ring (bicyclic) bond motifs is 4. The van der Waals surface area contributed by atoms with Crippen molar-refractivity contribution in [1.82, 2.24) is 19.9 Å². The molecule has 1 N–H and O–H groups in total. The van der Waals surface area contributed by atoms with Crippen LogP contribution in [0.2, 0.25) is 0 Å². The molecule has 4 aliphatic rings. The number of alkyl halides is 3. The summed E-state index contributed by atoms with van der Waals surface area (Å²) in [7, 11) is 0. The Balaban J connectivity index is 0.000000136. The largest absolute Gasteiger partial charge is 0.493 e. The fraction of sp³-hybridized carbons (Fsp3) is 0.378. The lowest BCUT2D eigenvalue weighted by Crippen LogP contribution is -2.30. The Kier molecular flexibility index (Phi) is 31.4. The Hall–Kier alpha value is -12.9. The highest BCUT2D eigenvalue weighted by molar-refractivity contribution is 9.08. The van der Waals surface area contributed by atoms with Crippen LogP contribution < -0.4 is 18.9 Å². The molecule has 0 unspecified atom stereocenters. The van der Waals surface area contributed by atoms with Crippen LogP contribution in [0.25, 0.3) is 131 Å². The topological polar surface area (TPSA) is 225 Å². The molecular formula is C127H137BrF2N4O15. The first-order valence-corrected chi connectivity index (χ1v) is 52.8. The third-order valence-corrected chi connectivity index (χ3v) is 27.6. The number of hydrogen-bond acceptors (Lipinski definition) is 19. The summed E-state index contributed by atoms with van der Waals surface area (Å²) in [5.41, 5.74) is 18.5. The lowest BCUT2D eigenvalue weighted by molar-refractivity contribution is -0.162. The average molecular weight is 2080 g/mol. The highest BCUT2D eigenvalue weighted by Crippen LogP contribution is 2.53. The second-order valence-corrected chi connectivity index (χ2v) is 46.5. The van der Waals surface area contributed by atoms with Gasteiger partial charge < -0.3 is 57.2 Å². The predicted molar refractivity (Wildman–Crippen MR) is 595 cm³/mol. The predicted octanol–water partition coefficient (Wildman–Crippen LogP) is 30.3. The number of aliphatic hydroxyl groups excluding tert-OH is 1. The van der Waals surface area contributed by atoms with E-state index < -0.39 is 76.4 Å². The van der Waals surface area contributed by atoms with E-state index >= 15 is 0 Å². The van der Waals surface area contributed by atoms with Crippen molar-refractivity contribution in [3.05, 3.63) is 286 Å². The molecule has 0 amide bonds. The van der Waals surface area contributed by atoms with Crippen LogP contribution in [-0.2, 0) is 91.9 Å². The third-order valence-electron chi connectivity index (χ3n) is 27.0. The van der Waals surface area contributed by atoms with E-state index in [4.69, 9.17) is 72.0 Å². The van der Waals surface area contributed by atoms with Crippen LogP contribution in [0.5, 0.6) is 23.0 Å². The van der Waals surface area contributed by atoms with Crippen molar-refractivity contribution in [1.29, 1.82) is 0 Å². The minimum atomic E-state index is -0.705. The molecule has 22 heteroatoms. The zero-order valence-corrected chi connectivity index (χ0v) is 91.4. The molecule has 4 atom stereocenters. The SMILES string of the molecule is CC(C)(C)O[C@H](CO)c1c(CF)cc2ccccc2c1-c1ccc2c3c(ccnc13)CCO2.CC(C)(C)O[C@H](COC(=O)C(C)(C)C)c1c(CBr)cc2ccccc2c1-c1ccc2c3c(ccnc13)CCO2.CC(C)(C)O[C@H](COC(=O)C(C)(C)C)c1c(CF)cc2ccccc2c1-c1ccc2c3c(ccnc13)CCO2.Cc1cc2ccccc2c(-c2ccc3c4c(ccnc24)CCO3)c1[C@@H](COC(=O)C(C)(C)C)OC(C)(C)C. The number of carbonyl (C=O) groups is 3. The van der Waals surface area contributed by atoms with E-state index in [2.05, 4.69) is 120 Å². The lowest BCUT2D eigenvalue weighted by atomic mass is 9.85. The van der Waals surface area contributed by atoms with Crippen LogP contribution in [0.15, 0.2) is 219 Å². The van der Waals surface area contributed by atoms with Crippen molar-refractivity contribution in [2.75, 3.05) is 52.9 Å².